The van der Waals surface area contributed by atoms with Crippen LogP contribution in [0.5, 0.6) is 0 Å². The van der Waals surface area contributed by atoms with Crippen LogP contribution in [0.15, 0.2) is 24.3 Å². The van der Waals surface area contributed by atoms with Crippen LogP contribution in [0, 0.1) is 5.75 Å². The average Bonchev–Trinajstić information content (AvgIpc) is 2.28. The third-order valence-electron chi connectivity index (χ3n) is 1.79. The Labute approximate surface area is 103 Å². The zero-order valence-corrected chi connectivity index (χ0v) is 10.1. The molecule has 0 unspecified atom stereocenters. The number of carbonyl (C=O) groups excluding carboxylic acids is 1. The Morgan fingerprint density at radius 2 is 1.94 bits per heavy atom. The summed E-state index contributed by atoms with van der Waals surface area (Å²) in [5.74, 6) is 0.290. The molecule has 0 fully saturated rings. The fraction of sp³-hybridized carbons (Fsp3) is 0.100. The van der Waals surface area contributed by atoms with Crippen molar-refractivity contribution in [3.63, 3.8) is 0 Å². The van der Waals surface area contributed by atoms with Crippen LogP contribution in [0.4, 0.5) is 0 Å². The number of carboxylic acids is 1. The maximum atomic E-state index is 11.8. The van der Waals surface area contributed by atoms with Gasteiger partial charge in [-0.2, -0.15) is 0 Å². The second-order valence-electron chi connectivity index (χ2n) is 2.98. The molecule has 1 rings (SSSR count). The molecule has 1 aromatic rings. The standard InChI is InChI=1S/C10H7ClNO4P/c11-8-3-1-7(2-4-8)10(15)12(6-17-16)5-9(13)14/h1-4H,5H2,(H,13,14). The molecular formula is C10H7ClNO4P. The second kappa shape index (κ2) is 6.26. The van der Waals surface area contributed by atoms with E-state index in [-0.39, 0.29) is 5.56 Å². The van der Waals surface area contributed by atoms with Crippen molar-refractivity contribution in [3.8, 4) is 5.75 Å². The van der Waals surface area contributed by atoms with E-state index in [4.69, 9.17) is 16.7 Å². The summed E-state index contributed by atoms with van der Waals surface area (Å²) in [6, 6.07) is 5.90. The first kappa shape index (κ1) is 13.5. The van der Waals surface area contributed by atoms with E-state index in [2.05, 4.69) is 5.75 Å². The zero-order valence-electron chi connectivity index (χ0n) is 8.46. The molecule has 0 saturated heterocycles. The molecular weight excluding hydrogens is 265 g/mol. The fourth-order valence-electron chi connectivity index (χ4n) is 1.09. The van der Waals surface area contributed by atoms with Crippen molar-refractivity contribution in [2.75, 3.05) is 6.54 Å². The molecule has 0 atom stereocenters. The van der Waals surface area contributed by atoms with Crippen LogP contribution in [-0.2, 0) is 9.36 Å². The molecule has 0 spiro atoms. The van der Waals surface area contributed by atoms with Crippen molar-refractivity contribution >= 4 is 31.4 Å². The molecule has 88 valence electrons. The molecule has 0 aliphatic carbocycles. The quantitative estimate of drug-likeness (QED) is 0.674. The van der Waals surface area contributed by atoms with Gasteiger partial charge in [0.1, 0.15) is 0 Å². The topological polar surface area (TPSA) is 74.7 Å². The molecule has 0 saturated carbocycles. The molecule has 1 aromatic carbocycles. The van der Waals surface area contributed by atoms with Crippen molar-refractivity contribution in [1.29, 1.82) is 0 Å². The van der Waals surface area contributed by atoms with E-state index >= 15 is 0 Å². The Hall–Kier alpha value is -1.54. The summed E-state index contributed by atoms with van der Waals surface area (Å²) in [6.45, 7) is -0.600. The van der Waals surface area contributed by atoms with E-state index in [0.29, 0.717) is 5.02 Å². The maximum absolute atomic E-state index is 11.8. The number of benzene rings is 1. The minimum absolute atomic E-state index is 0.242. The van der Waals surface area contributed by atoms with E-state index < -0.39 is 26.3 Å². The number of nitrogens with zero attached hydrogens (tertiary/aromatic N) is 1. The van der Waals surface area contributed by atoms with Crippen molar-refractivity contribution in [2.45, 2.75) is 0 Å². The first-order valence-electron chi connectivity index (χ1n) is 4.42. The van der Waals surface area contributed by atoms with Gasteiger partial charge in [0, 0.05) is 0 Å². The van der Waals surface area contributed by atoms with Gasteiger partial charge >= 0.3 is 103 Å². The van der Waals surface area contributed by atoms with Crippen molar-refractivity contribution in [3.05, 3.63) is 34.9 Å². The van der Waals surface area contributed by atoms with Crippen LogP contribution in [0.3, 0.4) is 0 Å². The summed E-state index contributed by atoms with van der Waals surface area (Å²) in [6.07, 6.45) is 0. The normalized spacial score (nSPS) is 9.24. The third-order valence-corrected chi connectivity index (χ3v) is 2.37. The van der Waals surface area contributed by atoms with E-state index in [1.807, 2.05) is 0 Å². The van der Waals surface area contributed by atoms with Crippen molar-refractivity contribution < 1.29 is 19.3 Å². The van der Waals surface area contributed by atoms with E-state index in [9.17, 15) is 14.2 Å². The summed E-state index contributed by atoms with van der Waals surface area (Å²) in [4.78, 5) is 23.0. The summed E-state index contributed by atoms with van der Waals surface area (Å²) in [5.41, 5.74) is 0.242. The number of hydrogen-bond donors (Lipinski definition) is 1. The molecule has 0 radical (unpaired) electrons. The molecule has 5 nitrogen and oxygen atoms in total. The summed E-state index contributed by atoms with van der Waals surface area (Å²) >= 11 is 5.66. The van der Waals surface area contributed by atoms with Gasteiger partial charge < -0.3 is 0 Å². The number of halogens is 1. The van der Waals surface area contributed by atoms with Crippen LogP contribution < -0.4 is 0 Å². The minimum atomic E-state index is -1.22. The second-order valence-corrected chi connectivity index (χ2v) is 3.80. The Kier molecular flexibility index (Phi) is 4.98. The Morgan fingerprint density at radius 3 is 2.41 bits per heavy atom. The summed E-state index contributed by atoms with van der Waals surface area (Å²) in [5, 5.41) is 9.05. The van der Waals surface area contributed by atoms with Gasteiger partial charge in [-0.3, -0.25) is 0 Å². The molecule has 17 heavy (non-hydrogen) atoms. The number of rotatable bonds is 3. The number of hydrogen-bond acceptors (Lipinski definition) is 3. The third kappa shape index (κ3) is 4.08. The van der Waals surface area contributed by atoms with Crippen LogP contribution in [-0.4, -0.2) is 28.4 Å². The van der Waals surface area contributed by atoms with Gasteiger partial charge in [0.2, 0.25) is 0 Å². The summed E-state index contributed by atoms with van der Waals surface area (Å²) in [7, 11) is -0.559. The summed E-state index contributed by atoms with van der Waals surface area (Å²) < 4.78 is 10.4. The number of amides is 1. The number of aliphatic carboxylic acids is 1. The SMILES string of the molecule is O=P#CN(CC(=O)O)C(=O)c1ccc(Cl)cc1. The van der Waals surface area contributed by atoms with E-state index in [1.165, 1.54) is 24.3 Å². The van der Waals surface area contributed by atoms with Gasteiger partial charge in [0.25, 0.3) is 0 Å². The van der Waals surface area contributed by atoms with Gasteiger partial charge in [0.15, 0.2) is 0 Å². The van der Waals surface area contributed by atoms with Crippen molar-refractivity contribution in [1.82, 2.24) is 4.90 Å². The first-order valence-corrected chi connectivity index (χ1v) is 5.61. The van der Waals surface area contributed by atoms with Gasteiger partial charge in [-0.25, -0.2) is 0 Å². The zero-order chi connectivity index (χ0) is 12.8. The van der Waals surface area contributed by atoms with Crippen LogP contribution in [0.25, 0.3) is 0 Å². The van der Waals surface area contributed by atoms with E-state index in [0.717, 1.165) is 4.90 Å². The Morgan fingerprint density at radius 1 is 1.35 bits per heavy atom. The van der Waals surface area contributed by atoms with Gasteiger partial charge in [-0.15, -0.1) is 0 Å². The van der Waals surface area contributed by atoms with Gasteiger partial charge in [0.05, 0.1) is 0 Å². The average molecular weight is 272 g/mol. The molecule has 1 amide bonds. The molecule has 0 aliphatic rings. The predicted octanol–water partition coefficient (Wildman–Crippen LogP) is 2.08. The van der Waals surface area contributed by atoms with Gasteiger partial charge in [-0.05, 0) is 0 Å². The first-order chi connectivity index (χ1) is 8.04. The molecule has 0 aromatic heterocycles. The van der Waals surface area contributed by atoms with Crippen LogP contribution in [0.2, 0.25) is 5.02 Å². The van der Waals surface area contributed by atoms with Crippen molar-refractivity contribution in [2.24, 2.45) is 0 Å². The molecule has 0 aliphatic heterocycles. The number of carboxylic acid groups (broad SMARTS) is 1. The van der Waals surface area contributed by atoms with Gasteiger partial charge in [-0.1, -0.05) is 0 Å². The predicted molar refractivity (Wildman–Crippen MR) is 61.6 cm³/mol. The monoisotopic (exact) mass is 271 g/mol. The molecule has 0 heterocycles. The van der Waals surface area contributed by atoms with Crippen LogP contribution in [0.1, 0.15) is 10.4 Å². The number of carbonyl (C=O) groups is 2. The molecule has 7 heteroatoms. The fourth-order valence-corrected chi connectivity index (χ4v) is 1.47. The Balaban J connectivity index is 2.98. The van der Waals surface area contributed by atoms with Crippen LogP contribution >= 0.6 is 19.5 Å². The van der Waals surface area contributed by atoms with E-state index in [1.54, 1.807) is 0 Å². The Bertz CT molecular complexity index is 537. The molecule has 0 bridgehead atoms. The molecule has 1 N–H and O–H groups in total.